The number of benzene rings is 1. The van der Waals surface area contributed by atoms with Crippen LogP contribution in [0.5, 0.6) is 0 Å². The first-order chi connectivity index (χ1) is 10.9. The van der Waals surface area contributed by atoms with Crippen molar-refractivity contribution in [2.24, 2.45) is 0 Å². The van der Waals surface area contributed by atoms with Gasteiger partial charge in [0.2, 0.25) is 0 Å². The molecule has 0 aliphatic rings. The summed E-state index contributed by atoms with van der Waals surface area (Å²) >= 11 is 0. The molecule has 126 valence electrons. The standard InChI is InChI=1S/C9H10.C7H12O2.C3H4O2/c1-8(2)9-6-4-3-5-7-9;1-3-5-6-9-7(8)4-2;1-2-3(4)5/h3-7H,1H2,2H3;4H,2-3,5-6H2,1H3;2H,1H2,(H,4,5). The Kier molecular flexibility index (Phi) is 15.5. The molecule has 4 heteroatoms. The van der Waals surface area contributed by atoms with E-state index in [0.717, 1.165) is 24.5 Å². The third-order valence-electron chi connectivity index (χ3n) is 2.35. The van der Waals surface area contributed by atoms with Crippen LogP contribution in [0.1, 0.15) is 32.3 Å². The number of unbranched alkanes of at least 4 members (excludes halogenated alkanes) is 1. The van der Waals surface area contributed by atoms with Crippen molar-refractivity contribution in [1.29, 1.82) is 0 Å². The van der Waals surface area contributed by atoms with Crippen molar-refractivity contribution in [1.82, 2.24) is 0 Å². The first-order valence-corrected chi connectivity index (χ1v) is 7.24. The molecule has 0 radical (unpaired) electrons. The van der Waals surface area contributed by atoms with E-state index in [1.165, 1.54) is 11.6 Å². The number of esters is 1. The Morgan fingerprint density at radius 2 is 1.70 bits per heavy atom. The summed E-state index contributed by atoms with van der Waals surface area (Å²) in [6.45, 7) is 14.6. The van der Waals surface area contributed by atoms with Gasteiger partial charge in [-0.05, 0) is 18.9 Å². The number of carboxylic acid groups (broad SMARTS) is 1. The number of aliphatic carboxylic acids is 1. The fourth-order valence-corrected chi connectivity index (χ4v) is 1.10. The lowest BCUT2D eigenvalue weighted by Crippen LogP contribution is -2.00. The van der Waals surface area contributed by atoms with Gasteiger partial charge in [-0.15, -0.1) is 0 Å². The van der Waals surface area contributed by atoms with Crippen molar-refractivity contribution >= 4 is 17.5 Å². The van der Waals surface area contributed by atoms with E-state index in [1.807, 2.05) is 32.0 Å². The fraction of sp³-hybridized carbons (Fsp3) is 0.263. The van der Waals surface area contributed by atoms with E-state index >= 15 is 0 Å². The molecule has 1 aromatic carbocycles. The summed E-state index contributed by atoms with van der Waals surface area (Å²) in [7, 11) is 0. The van der Waals surface area contributed by atoms with Crippen LogP contribution in [-0.2, 0) is 14.3 Å². The van der Waals surface area contributed by atoms with Crippen LogP contribution in [0.2, 0.25) is 0 Å². The largest absolute Gasteiger partial charge is 0.478 e. The molecule has 0 spiro atoms. The zero-order chi connectivity index (χ0) is 18.1. The van der Waals surface area contributed by atoms with Crippen LogP contribution in [0.25, 0.3) is 5.57 Å². The van der Waals surface area contributed by atoms with Gasteiger partial charge in [-0.1, -0.05) is 69.0 Å². The van der Waals surface area contributed by atoms with Crippen molar-refractivity contribution in [2.75, 3.05) is 6.61 Å². The molecule has 0 aliphatic carbocycles. The maximum Gasteiger partial charge on any atom is 0.330 e. The summed E-state index contributed by atoms with van der Waals surface area (Å²) in [6, 6.07) is 10.2. The lowest BCUT2D eigenvalue weighted by atomic mass is 10.1. The van der Waals surface area contributed by atoms with Gasteiger partial charge in [0.1, 0.15) is 0 Å². The summed E-state index contributed by atoms with van der Waals surface area (Å²) in [5, 5.41) is 7.60. The molecule has 0 aromatic heterocycles. The molecule has 1 rings (SSSR count). The van der Waals surface area contributed by atoms with Gasteiger partial charge < -0.3 is 9.84 Å². The maximum atomic E-state index is 10.3. The first-order valence-electron chi connectivity index (χ1n) is 7.24. The van der Waals surface area contributed by atoms with Gasteiger partial charge in [0.05, 0.1) is 6.61 Å². The lowest BCUT2D eigenvalue weighted by Gasteiger charge is -1.97. The summed E-state index contributed by atoms with van der Waals surface area (Å²) in [6.07, 6.45) is 3.99. The van der Waals surface area contributed by atoms with Gasteiger partial charge >= 0.3 is 11.9 Å². The van der Waals surface area contributed by atoms with E-state index < -0.39 is 5.97 Å². The van der Waals surface area contributed by atoms with Gasteiger partial charge in [0.25, 0.3) is 0 Å². The van der Waals surface area contributed by atoms with Gasteiger partial charge in [0.15, 0.2) is 0 Å². The summed E-state index contributed by atoms with van der Waals surface area (Å²) < 4.78 is 4.67. The number of rotatable bonds is 6. The minimum Gasteiger partial charge on any atom is -0.478 e. The molecular weight excluding hydrogens is 292 g/mol. The third-order valence-corrected chi connectivity index (χ3v) is 2.35. The van der Waals surface area contributed by atoms with Gasteiger partial charge in [-0.2, -0.15) is 0 Å². The topological polar surface area (TPSA) is 63.6 Å². The number of carbonyl (C=O) groups is 2. The molecule has 0 unspecified atom stereocenters. The molecule has 0 aliphatic heterocycles. The summed E-state index contributed by atoms with van der Waals surface area (Å²) in [5.74, 6) is -1.31. The number of hydrogen-bond donors (Lipinski definition) is 1. The van der Waals surface area contributed by atoms with Crippen molar-refractivity contribution in [3.05, 3.63) is 67.8 Å². The molecule has 0 bridgehead atoms. The Balaban J connectivity index is 0. The van der Waals surface area contributed by atoms with Crippen molar-refractivity contribution < 1.29 is 19.4 Å². The smallest absolute Gasteiger partial charge is 0.330 e. The molecule has 0 fully saturated rings. The second-order valence-corrected chi connectivity index (χ2v) is 4.41. The number of carbonyl (C=O) groups excluding carboxylic acids is 1. The van der Waals surface area contributed by atoms with Crippen LogP contribution >= 0.6 is 0 Å². The predicted molar refractivity (Wildman–Crippen MR) is 95.0 cm³/mol. The van der Waals surface area contributed by atoms with E-state index in [1.54, 1.807) is 0 Å². The lowest BCUT2D eigenvalue weighted by molar-refractivity contribution is -0.137. The SMILES string of the molecule is C=C(C)c1ccccc1.C=CC(=O)O.C=CC(=O)OCCCC. The van der Waals surface area contributed by atoms with Crippen molar-refractivity contribution in [3.63, 3.8) is 0 Å². The fourth-order valence-electron chi connectivity index (χ4n) is 1.10. The van der Waals surface area contributed by atoms with Crippen molar-refractivity contribution in [3.8, 4) is 0 Å². The molecule has 0 saturated carbocycles. The van der Waals surface area contributed by atoms with E-state index in [4.69, 9.17) is 5.11 Å². The molecule has 0 atom stereocenters. The van der Waals surface area contributed by atoms with Crippen LogP contribution < -0.4 is 0 Å². The average molecular weight is 318 g/mol. The maximum absolute atomic E-state index is 10.3. The predicted octanol–water partition coefficient (Wildman–Crippen LogP) is 4.49. The molecule has 0 saturated heterocycles. The molecule has 0 amide bonds. The summed E-state index contributed by atoms with van der Waals surface area (Å²) in [5.41, 5.74) is 2.34. The quantitative estimate of drug-likeness (QED) is 0.477. The average Bonchev–Trinajstić information content (AvgIpc) is 2.56. The van der Waals surface area contributed by atoms with Crippen LogP contribution in [0.4, 0.5) is 0 Å². The van der Waals surface area contributed by atoms with E-state index in [0.29, 0.717) is 6.61 Å². The van der Waals surface area contributed by atoms with Gasteiger partial charge in [-0.3, -0.25) is 0 Å². The van der Waals surface area contributed by atoms with Crippen LogP contribution in [0.3, 0.4) is 0 Å². The van der Waals surface area contributed by atoms with E-state index in [-0.39, 0.29) is 5.97 Å². The highest BCUT2D eigenvalue weighted by atomic mass is 16.5. The van der Waals surface area contributed by atoms with Crippen LogP contribution in [0, 0.1) is 0 Å². The number of hydrogen-bond acceptors (Lipinski definition) is 3. The number of ether oxygens (including phenoxy) is 1. The highest BCUT2D eigenvalue weighted by Crippen LogP contribution is 2.08. The Morgan fingerprint density at radius 1 is 1.17 bits per heavy atom. The number of carboxylic acids is 1. The van der Waals surface area contributed by atoms with Gasteiger partial charge in [-0.25, -0.2) is 9.59 Å². The molecule has 23 heavy (non-hydrogen) atoms. The monoisotopic (exact) mass is 318 g/mol. The molecule has 1 aromatic rings. The zero-order valence-corrected chi connectivity index (χ0v) is 14.0. The second kappa shape index (κ2) is 15.8. The van der Waals surface area contributed by atoms with Crippen LogP contribution in [-0.4, -0.2) is 23.7 Å². The highest BCUT2D eigenvalue weighted by molar-refractivity contribution is 5.81. The third kappa shape index (κ3) is 17.3. The summed E-state index contributed by atoms with van der Waals surface area (Å²) in [4.78, 5) is 19.6. The van der Waals surface area contributed by atoms with Gasteiger partial charge in [0, 0.05) is 12.2 Å². The molecular formula is C19H26O4. The molecule has 4 nitrogen and oxygen atoms in total. The minimum atomic E-state index is -0.981. The van der Waals surface area contributed by atoms with E-state index in [2.05, 4.69) is 36.6 Å². The zero-order valence-electron chi connectivity index (χ0n) is 14.0. The Morgan fingerprint density at radius 3 is 2.00 bits per heavy atom. The van der Waals surface area contributed by atoms with Crippen LogP contribution in [0.15, 0.2) is 62.2 Å². The Bertz CT molecular complexity index is 489. The first kappa shape index (κ1) is 22.7. The molecule has 1 N–H and O–H groups in total. The number of allylic oxidation sites excluding steroid dienone is 1. The molecule has 0 heterocycles. The van der Waals surface area contributed by atoms with Crippen molar-refractivity contribution in [2.45, 2.75) is 26.7 Å². The second-order valence-electron chi connectivity index (χ2n) is 4.41. The normalized spacial score (nSPS) is 8.26. The van der Waals surface area contributed by atoms with E-state index in [9.17, 15) is 9.59 Å². The Labute approximate surface area is 138 Å². The highest BCUT2D eigenvalue weighted by Gasteiger charge is 1.91. The Hall–Kier alpha value is -2.62. The minimum absolute atomic E-state index is 0.330.